The number of carbonyl (C=O) groups excluding carboxylic acids is 1. The van der Waals surface area contributed by atoms with E-state index in [2.05, 4.69) is 12.2 Å². The number of nitrogens with zero attached hydrogens (tertiary/aromatic N) is 1. The van der Waals surface area contributed by atoms with Gasteiger partial charge in [0.2, 0.25) is 5.91 Å². The highest BCUT2D eigenvalue weighted by atomic mass is 16.5. The van der Waals surface area contributed by atoms with E-state index in [-0.39, 0.29) is 11.8 Å². The van der Waals surface area contributed by atoms with E-state index in [9.17, 15) is 4.79 Å². The Balaban J connectivity index is 1.89. The maximum Gasteiger partial charge on any atom is 0.231 e. The molecule has 1 fully saturated rings. The molecule has 0 unspecified atom stereocenters. The third-order valence-electron chi connectivity index (χ3n) is 4.04. The Morgan fingerprint density at radius 3 is 3.00 bits per heavy atom. The summed E-state index contributed by atoms with van der Waals surface area (Å²) in [4.78, 5) is 14.7. The maximum absolute atomic E-state index is 12.8. The molecule has 2 atom stereocenters. The first-order valence-electron chi connectivity index (χ1n) is 7.01. The van der Waals surface area contributed by atoms with E-state index in [4.69, 9.17) is 4.74 Å². The molecule has 0 aromatic heterocycles. The van der Waals surface area contributed by atoms with Crippen LogP contribution in [0.5, 0.6) is 5.75 Å². The Morgan fingerprint density at radius 1 is 1.37 bits per heavy atom. The first-order valence-corrected chi connectivity index (χ1v) is 7.01. The zero-order valence-corrected chi connectivity index (χ0v) is 11.3. The summed E-state index contributed by atoms with van der Waals surface area (Å²) in [5.74, 6) is 1.55. The van der Waals surface area contributed by atoms with Crippen molar-refractivity contribution in [2.75, 3.05) is 31.1 Å². The largest absolute Gasteiger partial charge is 0.491 e. The van der Waals surface area contributed by atoms with Crippen molar-refractivity contribution in [2.24, 2.45) is 11.8 Å². The molecule has 102 valence electrons. The van der Waals surface area contributed by atoms with E-state index >= 15 is 0 Å². The van der Waals surface area contributed by atoms with Crippen LogP contribution >= 0.6 is 0 Å². The molecule has 1 saturated heterocycles. The topological polar surface area (TPSA) is 41.6 Å². The minimum atomic E-state index is 0.0890. The molecular weight excluding hydrogens is 240 g/mol. The van der Waals surface area contributed by atoms with Crippen LogP contribution in [0.1, 0.15) is 13.3 Å². The lowest BCUT2D eigenvalue weighted by Crippen LogP contribution is -2.39. The standard InChI is InChI=1S/C15H20N2O2/c1-11-9-16-10-12(11)15(18)17-7-4-8-19-14-6-3-2-5-13(14)17/h2-3,5-6,11-12,16H,4,7-10H2,1H3/t11-,12-/m1/s1. The summed E-state index contributed by atoms with van der Waals surface area (Å²) < 4.78 is 5.71. The molecule has 0 bridgehead atoms. The van der Waals surface area contributed by atoms with E-state index in [1.54, 1.807) is 0 Å². The molecule has 0 radical (unpaired) electrons. The lowest BCUT2D eigenvalue weighted by atomic mass is 9.96. The summed E-state index contributed by atoms with van der Waals surface area (Å²) in [6.45, 7) is 5.29. The number of rotatable bonds is 1. The number of benzene rings is 1. The monoisotopic (exact) mass is 260 g/mol. The van der Waals surface area contributed by atoms with Crippen molar-refractivity contribution in [3.8, 4) is 5.75 Å². The number of hydrogen-bond donors (Lipinski definition) is 1. The van der Waals surface area contributed by atoms with Gasteiger partial charge in [-0.3, -0.25) is 4.79 Å². The van der Waals surface area contributed by atoms with E-state index in [0.717, 1.165) is 37.5 Å². The normalized spacial score (nSPS) is 26.5. The average molecular weight is 260 g/mol. The van der Waals surface area contributed by atoms with Crippen LogP contribution in [0.3, 0.4) is 0 Å². The van der Waals surface area contributed by atoms with Gasteiger partial charge < -0.3 is 15.0 Å². The first kappa shape index (κ1) is 12.5. The van der Waals surface area contributed by atoms with Crippen LogP contribution in [-0.4, -0.2) is 32.1 Å². The molecule has 4 heteroatoms. The molecule has 19 heavy (non-hydrogen) atoms. The third-order valence-corrected chi connectivity index (χ3v) is 4.04. The highest BCUT2D eigenvalue weighted by molar-refractivity contribution is 5.97. The fourth-order valence-corrected chi connectivity index (χ4v) is 2.90. The Kier molecular flexibility index (Phi) is 3.42. The molecule has 1 aromatic carbocycles. The Morgan fingerprint density at radius 2 is 2.21 bits per heavy atom. The zero-order valence-electron chi connectivity index (χ0n) is 11.3. The predicted molar refractivity (Wildman–Crippen MR) is 74.4 cm³/mol. The summed E-state index contributed by atoms with van der Waals surface area (Å²) in [5.41, 5.74) is 0.920. The second-order valence-electron chi connectivity index (χ2n) is 5.40. The van der Waals surface area contributed by atoms with Gasteiger partial charge in [-0.2, -0.15) is 0 Å². The SMILES string of the molecule is C[C@@H]1CNC[C@H]1C(=O)N1CCCOc2ccccc21. The molecule has 1 aromatic rings. The molecule has 2 aliphatic heterocycles. The van der Waals surface area contributed by atoms with Crippen molar-refractivity contribution < 1.29 is 9.53 Å². The lowest BCUT2D eigenvalue weighted by Gasteiger charge is -2.26. The van der Waals surface area contributed by atoms with Gasteiger partial charge in [0.05, 0.1) is 18.2 Å². The molecule has 0 aliphatic carbocycles. The fourth-order valence-electron chi connectivity index (χ4n) is 2.90. The van der Waals surface area contributed by atoms with Gasteiger partial charge in [0, 0.05) is 13.1 Å². The number of nitrogens with one attached hydrogen (secondary N) is 1. The van der Waals surface area contributed by atoms with Crippen molar-refractivity contribution >= 4 is 11.6 Å². The van der Waals surface area contributed by atoms with Gasteiger partial charge in [-0.15, -0.1) is 0 Å². The maximum atomic E-state index is 12.8. The van der Waals surface area contributed by atoms with Gasteiger partial charge in [0.15, 0.2) is 0 Å². The minimum Gasteiger partial charge on any atom is -0.491 e. The van der Waals surface area contributed by atoms with Crippen LogP contribution in [-0.2, 0) is 4.79 Å². The van der Waals surface area contributed by atoms with Crippen LogP contribution in [0, 0.1) is 11.8 Å². The van der Waals surface area contributed by atoms with Gasteiger partial charge >= 0.3 is 0 Å². The van der Waals surface area contributed by atoms with E-state index < -0.39 is 0 Å². The molecule has 2 aliphatic rings. The molecule has 2 heterocycles. The van der Waals surface area contributed by atoms with Gasteiger partial charge in [-0.25, -0.2) is 0 Å². The van der Waals surface area contributed by atoms with Crippen molar-refractivity contribution in [3.63, 3.8) is 0 Å². The molecule has 3 rings (SSSR count). The first-order chi connectivity index (χ1) is 9.27. The molecule has 1 amide bonds. The summed E-state index contributed by atoms with van der Waals surface area (Å²) in [6.07, 6.45) is 0.884. The van der Waals surface area contributed by atoms with Crippen LogP contribution in [0.25, 0.3) is 0 Å². The number of anilines is 1. The Bertz CT molecular complexity index is 475. The quantitative estimate of drug-likeness (QED) is 0.835. The summed E-state index contributed by atoms with van der Waals surface area (Å²) in [7, 11) is 0. The number of para-hydroxylation sites is 2. The fraction of sp³-hybridized carbons (Fsp3) is 0.533. The highest BCUT2D eigenvalue weighted by Crippen LogP contribution is 2.32. The minimum absolute atomic E-state index is 0.0890. The van der Waals surface area contributed by atoms with Crippen molar-refractivity contribution in [1.29, 1.82) is 0 Å². The van der Waals surface area contributed by atoms with Crippen LogP contribution in [0.4, 0.5) is 5.69 Å². The zero-order chi connectivity index (χ0) is 13.2. The summed E-state index contributed by atoms with van der Waals surface area (Å²) >= 11 is 0. The van der Waals surface area contributed by atoms with Crippen LogP contribution < -0.4 is 15.0 Å². The molecule has 1 N–H and O–H groups in total. The summed E-state index contributed by atoms with van der Waals surface area (Å²) in [6, 6.07) is 7.83. The molecule has 0 spiro atoms. The molecule has 0 saturated carbocycles. The number of ether oxygens (including phenoxy) is 1. The average Bonchev–Trinajstić information content (AvgIpc) is 2.74. The molecule has 4 nitrogen and oxygen atoms in total. The predicted octanol–water partition coefficient (Wildman–Crippen LogP) is 1.66. The number of amides is 1. The Hall–Kier alpha value is -1.55. The van der Waals surface area contributed by atoms with Gasteiger partial charge in [-0.1, -0.05) is 19.1 Å². The Labute approximate surface area is 113 Å². The number of hydrogen-bond acceptors (Lipinski definition) is 3. The van der Waals surface area contributed by atoms with Crippen LogP contribution in [0.2, 0.25) is 0 Å². The second-order valence-corrected chi connectivity index (χ2v) is 5.40. The van der Waals surface area contributed by atoms with E-state index in [1.165, 1.54) is 0 Å². The van der Waals surface area contributed by atoms with Crippen molar-refractivity contribution in [2.45, 2.75) is 13.3 Å². The molecular formula is C15H20N2O2. The third kappa shape index (κ3) is 2.32. The second kappa shape index (κ2) is 5.21. The van der Waals surface area contributed by atoms with E-state index in [0.29, 0.717) is 12.5 Å². The number of carbonyl (C=O) groups is 1. The van der Waals surface area contributed by atoms with Gasteiger partial charge in [0.1, 0.15) is 5.75 Å². The van der Waals surface area contributed by atoms with Crippen molar-refractivity contribution in [3.05, 3.63) is 24.3 Å². The van der Waals surface area contributed by atoms with E-state index in [1.807, 2.05) is 29.2 Å². The number of fused-ring (bicyclic) bond motifs is 1. The highest BCUT2D eigenvalue weighted by Gasteiger charge is 2.34. The van der Waals surface area contributed by atoms with Crippen LogP contribution in [0.15, 0.2) is 24.3 Å². The van der Waals surface area contributed by atoms with Crippen molar-refractivity contribution in [1.82, 2.24) is 5.32 Å². The van der Waals surface area contributed by atoms with Gasteiger partial charge in [0.25, 0.3) is 0 Å². The van der Waals surface area contributed by atoms with Gasteiger partial charge in [-0.05, 0) is 31.0 Å². The summed E-state index contributed by atoms with van der Waals surface area (Å²) in [5, 5.41) is 3.30. The lowest BCUT2D eigenvalue weighted by molar-refractivity contribution is -0.122. The smallest absolute Gasteiger partial charge is 0.231 e.